The molecule has 1 unspecified atom stereocenters. The molecule has 0 radical (unpaired) electrons. The lowest BCUT2D eigenvalue weighted by molar-refractivity contribution is -0.196. The van der Waals surface area contributed by atoms with Gasteiger partial charge in [0.05, 0.1) is 0 Å². The predicted octanol–water partition coefficient (Wildman–Crippen LogP) is 3.09. The second-order valence-corrected chi connectivity index (χ2v) is 5.34. The summed E-state index contributed by atoms with van der Waals surface area (Å²) < 4.78 is 0. The zero-order chi connectivity index (χ0) is 15.1. The van der Waals surface area contributed by atoms with E-state index < -0.39 is 0 Å². The number of carbonyl (C=O) groups excluding carboxylic acids is 1. The van der Waals surface area contributed by atoms with Crippen LogP contribution in [0, 0.1) is 5.92 Å². The summed E-state index contributed by atoms with van der Waals surface area (Å²) in [5.41, 5.74) is 1.02. The maximum absolute atomic E-state index is 11.4. The normalized spacial score (nSPS) is 12.3. The van der Waals surface area contributed by atoms with Crippen molar-refractivity contribution in [2.45, 2.75) is 32.9 Å². The Balaban J connectivity index is 2.06. The highest BCUT2D eigenvalue weighted by Gasteiger charge is 2.23. The third-order valence-electron chi connectivity index (χ3n) is 3.16. The van der Waals surface area contributed by atoms with Gasteiger partial charge < -0.3 is 4.98 Å². The third-order valence-corrected chi connectivity index (χ3v) is 3.16. The van der Waals surface area contributed by atoms with Crippen LogP contribution in [0.2, 0.25) is 0 Å². The molecule has 0 saturated carbocycles. The first-order valence-corrected chi connectivity index (χ1v) is 7.10. The van der Waals surface area contributed by atoms with Crippen LogP contribution in [0.4, 0.5) is 0 Å². The number of nitrogens with zero attached hydrogens (tertiary/aromatic N) is 2. The Morgan fingerprint density at radius 2 is 2.10 bits per heavy atom. The van der Waals surface area contributed by atoms with Gasteiger partial charge in [-0.25, -0.2) is 10.0 Å². The van der Waals surface area contributed by atoms with Gasteiger partial charge in [0.25, 0.3) is 0 Å². The number of amides is 1. The summed E-state index contributed by atoms with van der Waals surface area (Å²) in [6.07, 6.45) is 4.94. The summed E-state index contributed by atoms with van der Waals surface area (Å²) in [6.45, 7) is 4.57. The number of aromatic nitrogens is 2. The minimum Gasteiger partial charge on any atom is -0.347 e. The van der Waals surface area contributed by atoms with Gasteiger partial charge in [0.1, 0.15) is 18.5 Å². The highest BCUT2D eigenvalue weighted by molar-refractivity contribution is 5.46. The molecule has 0 bridgehead atoms. The molecular formula is C16H21N3O2. The van der Waals surface area contributed by atoms with E-state index in [1.54, 1.807) is 12.4 Å². The van der Waals surface area contributed by atoms with Gasteiger partial charge in [-0.3, -0.25) is 9.63 Å². The third kappa shape index (κ3) is 4.43. The number of benzene rings is 1. The lowest BCUT2D eigenvalue weighted by Gasteiger charge is -2.27. The number of H-pyrrole nitrogens is 1. The summed E-state index contributed by atoms with van der Waals surface area (Å²) >= 11 is 0. The van der Waals surface area contributed by atoms with Crippen LogP contribution in [0.5, 0.6) is 0 Å². The molecule has 0 spiro atoms. The molecule has 1 atom stereocenters. The minimum absolute atomic E-state index is 0.207. The van der Waals surface area contributed by atoms with Crippen molar-refractivity contribution in [3.8, 4) is 0 Å². The van der Waals surface area contributed by atoms with Gasteiger partial charge >= 0.3 is 0 Å². The van der Waals surface area contributed by atoms with Crippen LogP contribution in [-0.4, -0.2) is 21.4 Å². The average molecular weight is 287 g/mol. The van der Waals surface area contributed by atoms with E-state index in [2.05, 4.69) is 23.8 Å². The Hall–Kier alpha value is -2.14. The smallest absolute Gasteiger partial charge is 0.234 e. The van der Waals surface area contributed by atoms with Crippen molar-refractivity contribution in [2.75, 3.05) is 0 Å². The van der Waals surface area contributed by atoms with Gasteiger partial charge in [0.15, 0.2) is 0 Å². The fraction of sp³-hybridized carbons (Fsp3) is 0.375. The first-order valence-electron chi connectivity index (χ1n) is 7.10. The highest BCUT2D eigenvalue weighted by Crippen LogP contribution is 2.25. The fourth-order valence-corrected chi connectivity index (χ4v) is 2.16. The first-order chi connectivity index (χ1) is 10.2. The molecule has 1 heterocycles. The Labute approximate surface area is 124 Å². The molecule has 2 rings (SSSR count). The monoisotopic (exact) mass is 287 g/mol. The Bertz CT molecular complexity index is 526. The summed E-state index contributed by atoms with van der Waals surface area (Å²) in [5.74, 6) is 1.16. The van der Waals surface area contributed by atoms with E-state index in [9.17, 15) is 4.79 Å². The highest BCUT2D eigenvalue weighted by atomic mass is 16.7. The van der Waals surface area contributed by atoms with Crippen molar-refractivity contribution in [3.63, 3.8) is 0 Å². The van der Waals surface area contributed by atoms with Gasteiger partial charge in [-0.05, 0) is 17.9 Å². The number of hydroxylamine groups is 2. The quantitative estimate of drug-likeness (QED) is 0.599. The molecule has 1 aromatic carbocycles. The van der Waals surface area contributed by atoms with Crippen molar-refractivity contribution in [3.05, 3.63) is 54.1 Å². The molecule has 112 valence electrons. The molecule has 0 saturated heterocycles. The molecule has 0 fully saturated rings. The van der Waals surface area contributed by atoms with Crippen molar-refractivity contribution in [1.82, 2.24) is 15.0 Å². The molecule has 2 aromatic rings. The van der Waals surface area contributed by atoms with Gasteiger partial charge in [0, 0.05) is 12.4 Å². The zero-order valence-corrected chi connectivity index (χ0v) is 12.4. The van der Waals surface area contributed by atoms with Crippen LogP contribution >= 0.6 is 0 Å². The van der Waals surface area contributed by atoms with E-state index in [1.807, 2.05) is 30.3 Å². The molecular weight excluding hydrogens is 266 g/mol. The van der Waals surface area contributed by atoms with Gasteiger partial charge in [-0.2, -0.15) is 0 Å². The van der Waals surface area contributed by atoms with E-state index in [-0.39, 0.29) is 6.04 Å². The van der Waals surface area contributed by atoms with Crippen molar-refractivity contribution in [1.29, 1.82) is 0 Å². The Morgan fingerprint density at radius 3 is 2.67 bits per heavy atom. The van der Waals surface area contributed by atoms with Gasteiger partial charge in [-0.15, -0.1) is 0 Å². The largest absolute Gasteiger partial charge is 0.347 e. The van der Waals surface area contributed by atoms with Crippen LogP contribution < -0.4 is 0 Å². The van der Waals surface area contributed by atoms with E-state index in [4.69, 9.17) is 4.84 Å². The number of aromatic amines is 1. The summed E-state index contributed by atoms with van der Waals surface area (Å²) in [7, 11) is 0. The number of imidazole rings is 1. The predicted molar refractivity (Wildman–Crippen MR) is 79.9 cm³/mol. The van der Waals surface area contributed by atoms with E-state index in [0.717, 1.165) is 24.2 Å². The fourth-order valence-electron chi connectivity index (χ4n) is 2.16. The maximum Gasteiger partial charge on any atom is 0.234 e. The lowest BCUT2D eigenvalue weighted by atomic mass is 10.0. The Morgan fingerprint density at radius 1 is 1.33 bits per heavy atom. The van der Waals surface area contributed by atoms with Crippen LogP contribution in [0.1, 0.15) is 37.7 Å². The van der Waals surface area contributed by atoms with E-state index in [0.29, 0.717) is 12.5 Å². The number of nitrogens with one attached hydrogen (secondary N) is 1. The summed E-state index contributed by atoms with van der Waals surface area (Å²) in [4.78, 5) is 24.4. The van der Waals surface area contributed by atoms with E-state index in [1.165, 1.54) is 5.06 Å². The molecule has 0 aliphatic carbocycles. The van der Waals surface area contributed by atoms with Gasteiger partial charge in [0.2, 0.25) is 6.41 Å². The SMILES string of the molecule is CC(C)CC(c1ncc[nH]1)N(C=O)OCc1ccccc1. The van der Waals surface area contributed by atoms with Gasteiger partial charge in [-0.1, -0.05) is 44.2 Å². The van der Waals surface area contributed by atoms with Crippen LogP contribution in [0.25, 0.3) is 0 Å². The molecule has 0 aliphatic heterocycles. The molecule has 1 aromatic heterocycles. The van der Waals surface area contributed by atoms with Crippen LogP contribution in [0.15, 0.2) is 42.7 Å². The topological polar surface area (TPSA) is 58.2 Å². The van der Waals surface area contributed by atoms with Crippen molar-refractivity contribution >= 4 is 6.41 Å². The average Bonchev–Trinajstić information content (AvgIpc) is 3.01. The number of hydrogen-bond acceptors (Lipinski definition) is 3. The molecule has 21 heavy (non-hydrogen) atoms. The second-order valence-electron chi connectivity index (χ2n) is 5.34. The molecule has 0 aliphatic rings. The van der Waals surface area contributed by atoms with E-state index >= 15 is 0 Å². The number of hydrogen-bond donors (Lipinski definition) is 1. The zero-order valence-electron chi connectivity index (χ0n) is 12.4. The van der Waals surface area contributed by atoms with Crippen molar-refractivity contribution in [2.24, 2.45) is 5.92 Å². The molecule has 5 nitrogen and oxygen atoms in total. The second kappa shape index (κ2) is 7.59. The maximum atomic E-state index is 11.4. The molecule has 5 heteroatoms. The Kier molecular flexibility index (Phi) is 5.51. The number of carbonyl (C=O) groups is 1. The summed E-state index contributed by atoms with van der Waals surface area (Å²) in [6, 6.07) is 9.57. The summed E-state index contributed by atoms with van der Waals surface area (Å²) in [5, 5.41) is 1.35. The minimum atomic E-state index is -0.207. The molecule has 1 N–H and O–H groups in total. The number of rotatable bonds is 8. The van der Waals surface area contributed by atoms with Crippen LogP contribution in [-0.2, 0) is 16.2 Å². The molecule has 1 amide bonds. The van der Waals surface area contributed by atoms with Crippen LogP contribution in [0.3, 0.4) is 0 Å². The lowest BCUT2D eigenvalue weighted by Crippen LogP contribution is -2.29. The first kappa shape index (κ1) is 15.3. The van der Waals surface area contributed by atoms with Crippen molar-refractivity contribution < 1.29 is 9.63 Å². The standard InChI is InChI=1S/C16H21N3O2/c1-13(2)10-15(16-17-8-9-18-16)19(12-20)21-11-14-6-4-3-5-7-14/h3-9,12-13,15H,10-11H2,1-2H3,(H,17,18).